The van der Waals surface area contributed by atoms with Gasteiger partial charge in [-0.2, -0.15) is 0 Å². The molecule has 7 heteroatoms. The van der Waals surface area contributed by atoms with Crippen molar-refractivity contribution >= 4 is 17.8 Å². The second-order valence-electron chi connectivity index (χ2n) is 6.47. The second kappa shape index (κ2) is 8.29. The van der Waals surface area contributed by atoms with E-state index in [1.54, 1.807) is 7.05 Å². The largest absolute Gasteiger partial charge is 0.353 e. The van der Waals surface area contributed by atoms with E-state index in [1.165, 1.54) is 16.2 Å². The Balaban J connectivity index is 1.62. The highest BCUT2D eigenvalue weighted by Gasteiger charge is 2.32. The van der Waals surface area contributed by atoms with Crippen LogP contribution in [0.3, 0.4) is 0 Å². The molecule has 2 fully saturated rings. The Kier molecular flexibility index (Phi) is 6.38. The summed E-state index contributed by atoms with van der Waals surface area (Å²) in [6, 6.07) is -0.00417. The third-order valence-electron chi connectivity index (χ3n) is 4.51. The van der Waals surface area contributed by atoms with Gasteiger partial charge in [0.25, 0.3) is 0 Å². The monoisotopic (exact) mass is 324 g/mol. The van der Waals surface area contributed by atoms with Gasteiger partial charge < -0.3 is 15.1 Å². The summed E-state index contributed by atoms with van der Waals surface area (Å²) in [6.45, 7) is 5.87. The fraction of sp³-hybridized carbons (Fsp3) is 0.812. The first-order valence-electron chi connectivity index (χ1n) is 8.58. The number of imide groups is 1. The van der Waals surface area contributed by atoms with Crippen LogP contribution in [0.1, 0.15) is 39.0 Å². The zero-order valence-electron chi connectivity index (χ0n) is 14.2. The number of hydrogen-bond donors (Lipinski definition) is 1. The normalized spacial score (nSPS) is 20.4. The van der Waals surface area contributed by atoms with Gasteiger partial charge in [-0.25, -0.2) is 4.79 Å². The van der Waals surface area contributed by atoms with Crippen molar-refractivity contribution in [2.75, 3.05) is 39.8 Å². The minimum Gasteiger partial charge on any atom is -0.353 e. The zero-order chi connectivity index (χ0) is 16.8. The van der Waals surface area contributed by atoms with Crippen molar-refractivity contribution < 1.29 is 14.4 Å². The standard InChI is InChI=1S/C16H28N4O3/c1-3-8-19-10-6-13(7-11-19)17-14(21)5-4-9-20-15(22)12-18(2)16(20)23/h13H,3-12H2,1-2H3,(H,17,21). The molecule has 2 saturated heterocycles. The first kappa shape index (κ1) is 17.7. The summed E-state index contributed by atoms with van der Waals surface area (Å²) in [6.07, 6.45) is 4.04. The average Bonchev–Trinajstić information content (AvgIpc) is 2.76. The van der Waals surface area contributed by atoms with Gasteiger partial charge >= 0.3 is 6.03 Å². The van der Waals surface area contributed by atoms with Gasteiger partial charge in [-0.05, 0) is 32.2 Å². The third kappa shape index (κ3) is 4.92. The number of carbonyl (C=O) groups is 3. The highest BCUT2D eigenvalue weighted by Crippen LogP contribution is 2.12. The Morgan fingerprint density at radius 1 is 1.22 bits per heavy atom. The van der Waals surface area contributed by atoms with Crippen molar-refractivity contribution in [1.29, 1.82) is 0 Å². The number of likely N-dealkylation sites (N-methyl/N-ethyl adjacent to an activating group) is 1. The van der Waals surface area contributed by atoms with E-state index in [1.807, 2.05) is 0 Å². The molecule has 0 aromatic heterocycles. The second-order valence-corrected chi connectivity index (χ2v) is 6.47. The summed E-state index contributed by atoms with van der Waals surface area (Å²) in [5.74, 6) is -0.160. The Morgan fingerprint density at radius 3 is 2.48 bits per heavy atom. The van der Waals surface area contributed by atoms with Gasteiger partial charge in [0.15, 0.2) is 0 Å². The Labute approximate surface area is 138 Å². The predicted molar refractivity (Wildman–Crippen MR) is 86.9 cm³/mol. The number of rotatable bonds is 7. The number of amides is 4. The van der Waals surface area contributed by atoms with E-state index in [2.05, 4.69) is 17.1 Å². The first-order chi connectivity index (χ1) is 11.0. The molecular weight excluding hydrogens is 296 g/mol. The van der Waals surface area contributed by atoms with Crippen molar-refractivity contribution in [1.82, 2.24) is 20.0 Å². The van der Waals surface area contributed by atoms with Crippen LogP contribution in [0, 0.1) is 0 Å². The number of piperidine rings is 1. The minimum absolute atomic E-state index is 0.0198. The van der Waals surface area contributed by atoms with Gasteiger partial charge in [0.2, 0.25) is 11.8 Å². The number of urea groups is 1. The average molecular weight is 324 g/mol. The number of carbonyl (C=O) groups excluding carboxylic acids is 3. The Hall–Kier alpha value is -1.63. The van der Waals surface area contributed by atoms with Crippen LogP contribution in [0.25, 0.3) is 0 Å². The minimum atomic E-state index is -0.265. The molecule has 0 atom stereocenters. The molecule has 0 aromatic carbocycles. The fourth-order valence-electron chi connectivity index (χ4n) is 3.20. The maximum atomic E-state index is 12.0. The van der Waals surface area contributed by atoms with Gasteiger partial charge in [-0.15, -0.1) is 0 Å². The van der Waals surface area contributed by atoms with E-state index >= 15 is 0 Å². The van der Waals surface area contributed by atoms with Crippen LogP contribution in [0.2, 0.25) is 0 Å². The lowest BCUT2D eigenvalue weighted by molar-refractivity contribution is -0.126. The van der Waals surface area contributed by atoms with Crippen LogP contribution in [0.4, 0.5) is 4.79 Å². The summed E-state index contributed by atoms with van der Waals surface area (Å²) in [4.78, 5) is 40.4. The molecule has 130 valence electrons. The number of nitrogens with one attached hydrogen (secondary N) is 1. The molecule has 0 spiro atoms. The lowest BCUT2D eigenvalue weighted by atomic mass is 10.0. The summed E-state index contributed by atoms with van der Waals surface area (Å²) in [5, 5.41) is 3.07. The summed E-state index contributed by atoms with van der Waals surface area (Å²) >= 11 is 0. The molecule has 0 radical (unpaired) electrons. The van der Waals surface area contributed by atoms with Crippen molar-refractivity contribution in [3.63, 3.8) is 0 Å². The molecular formula is C16H28N4O3. The predicted octanol–water partition coefficient (Wildman–Crippen LogP) is 0.651. The molecule has 0 aromatic rings. The molecule has 0 saturated carbocycles. The van der Waals surface area contributed by atoms with Gasteiger partial charge in [0.05, 0.1) is 0 Å². The molecule has 2 heterocycles. The molecule has 2 aliphatic rings. The molecule has 0 aliphatic carbocycles. The van der Waals surface area contributed by atoms with Gasteiger partial charge in [-0.1, -0.05) is 6.92 Å². The number of likely N-dealkylation sites (tertiary alicyclic amines) is 1. The third-order valence-corrected chi connectivity index (χ3v) is 4.51. The van der Waals surface area contributed by atoms with Crippen molar-refractivity contribution in [2.45, 2.75) is 45.1 Å². The van der Waals surface area contributed by atoms with Gasteiger partial charge in [0.1, 0.15) is 6.54 Å². The maximum absolute atomic E-state index is 12.0. The van der Waals surface area contributed by atoms with Crippen LogP contribution in [0.5, 0.6) is 0 Å². The van der Waals surface area contributed by atoms with Crippen LogP contribution in [-0.4, -0.2) is 78.4 Å². The van der Waals surface area contributed by atoms with E-state index < -0.39 is 0 Å². The van der Waals surface area contributed by atoms with E-state index in [-0.39, 0.29) is 30.4 Å². The summed E-state index contributed by atoms with van der Waals surface area (Å²) in [5.41, 5.74) is 0. The molecule has 2 aliphatic heterocycles. The first-order valence-corrected chi connectivity index (χ1v) is 8.58. The van der Waals surface area contributed by atoms with Gasteiger partial charge in [-0.3, -0.25) is 14.5 Å². The summed E-state index contributed by atoms with van der Waals surface area (Å²) < 4.78 is 0. The van der Waals surface area contributed by atoms with Crippen molar-refractivity contribution in [3.8, 4) is 0 Å². The quantitative estimate of drug-likeness (QED) is 0.698. The number of hydrogen-bond acceptors (Lipinski definition) is 4. The molecule has 23 heavy (non-hydrogen) atoms. The summed E-state index contributed by atoms with van der Waals surface area (Å²) in [7, 11) is 1.61. The van der Waals surface area contributed by atoms with Gasteiger partial charge in [0, 0.05) is 39.1 Å². The topological polar surface area (TPSA) is 73.0 Å². The van der Waals surface area contributed by atoms with Crippen LogP contribution >= 0.6 is 0 Å². The molecule has 4 amide bonds. The molecule has 2 rings (SSSR count). The zero-order valence-corrected chi connectivity index (χ0v) is 14.2. The van der Waals surface area contributed by atoms with E-state index in [0.717, 1.165) is 32.5 Å². The highest BCUT2D eigenvalue weighted by molar-refractivity contribution is 6.01. The lowest BCUT2D eigenvalue weighted by Gasteiger charge is -2.32. The van der Waals surface area contributed by atoms with E-state index in [0.29, 0.717) is 19.4 Å². The Bertz CT molecular complexity index is 447. The van der Waals surface area contributed by atoms with Crippen LogP contribution in [-0.2, 0) is 9.59 Å². The van der Waals surface area contributed by atoms with E-state index in [9.17, 15) is 14.4 Å². The lowest BCUT2D eigenvalue weighted by Crippen LogP contribution is -2.44. The van der Waals surface area contributed by atoms with Crippen molar-refractivity contribution in [2.24, 2.45) is 0 Å². The van der Waals surface area contributed by atoms with Crippen LogP contribution < -0.4 is 5.32 Å². The smallest absolute Gasteiger partial charge is 0.326 e. The maximum Gasteiger partial charge on any atom is 0.326 e. The molecule has 0 unspecified atom stereocenters. The molecule has 7 nitrogen and oxygen atoms in total. The highest BCUT2D eigenvalue weighted by atomic mass is 16.2. The van der Waals surface area contributed by atoms with Crippen molar-refractivity contribution in [3.05, 3.63) is 0 Å². The molecule has 1 N–H and O–H groups in total. The van der Waals surface area contributed by atoms with Crippen LogP contribution in [0.15, 0.2) is 0 Å². The SMILES string of the molecule is CCCN1CCC(NC(=O)CCCN2C(=O)CN(C)C2=O)CC1. The van der Waals surface area contributed by atoms with E-state index in [4.69, 9.17) is 0 Å². The number of nitrogens with zero attached hydrogens (tertiary/aromatic N) is 3. The Morgan fingerprint density at radius 2 is 1.91 bits per heavy atom. The molecule has 0 bridgehead atoms. The fourth-order valence-corrected chi connectivity index (χ4v) is 3.20.